The fraction of sp³-hybridized carbons (Fsp3) is 0.368. The number of fused-ring (bicyclic) bond motifs is 1. The number of benzene rings is 1. The second-order valence-electron chi connectivity index (χ2n) is 6.48. The minimum absolute atomic E-state index is 0.0759. The number of nitrogens with zero attached hydrogens (tertiary/aromatic N) is 3. The van der Waals surface area contributed by atoms with E-state index in [4.69, 9.17) is 4.74 Å². The third kappa shape index (κ3) is 3.65. The van der Waals surface area contributed by atoms with E-state index in [9.17, 15) is 4.79 Å². The first-order valence-corrected chi connectivity index (χ1v) is 8.66. The van der Waals surface area contributed by atoms with Gasteiger partial charge in [0.05, 0.1) is 25.3 Å². The molecule has 0 radical (unpaired) electrons. The summed E-state index contributed by atoms with van der Waals surface area (Å²) in [5.74, 6) is 0.574. The lowest BCUT2D eigenvalue weighted by molar-refractivity contribution is -0.0503. The molecular formula is C19H22N4O2. The Labute approximate surface area is 147 Å². The van der Waals surface area contributed by atoms with Gasteiger partial charge in [0.1, 0.15) is 5.82 Å². The van der Waals surface area contributed by atoms with Crippen LogP contribution in [-0.4, -0.2) is 59.2 Å². The molecule has 2 atom stereocenters. The summed E-state index contributed by atoms with van der Waals surface area (Å²) in [5.41, 5.74) is 1.29. The Hall–Kier alpha value is -2.44. The minimum atomic E-state index is -0.114. The average molecular weight is 338 g/mol. The Morgan fingerprint density at radius 3 is 2.80 bits per heavy atom. The Bertz CT molecular complexity index is 710. The van der Waals surface area contributed by atoms with Crippen molar-refractivity contribution in [1.82, 2.24) is 14.8 Å². The Balaban J connectivity index is 1.41. The largest absolute Gasteiger partial charge is 0.373 e. The first-order valence-electron chi connectivity index (χ1n) is 8.66. The van der Waals surface area contributed by atoms with Gasteiger partial charge in [-0.25, -0.2) is 9.78 Å². The summed E-state index contributed by atoms with van der Waals surface area (Å²) in [6.45, 7) is 3.79. The number of hydrogen-bond acceptors (Lipinski definition) is 4. The van der Waals surface area contributed by atoms with Crippen molar-refractivity contribution in [2.75, 3.05) is 31.6 Å². The number of amides is 2. The molecule has 6 heteroatoms. The topological polar surface area (TPSA) is 57.7 Å². The van der Waals surface area contributed by atoms with E-state index < -0.39 is 0 Å². The van der Waals surface area contributed by atoms with E-state index >= 15 is 0 Å². The molecule has 3 heterocycles. The maximum Gasteiger partial charge on any atom is 0.323 e. The number of likely N-dealkylation sites (tertiary alicyclic amines) is 1. The van der Waals surface area contributed by atoms with Crippen molar-refractivity contribution in [3.8, 4) is 0 Å². The minimum Gasteiger partial charge on any atom is -0.373 e. The number of carbonyl (C=O) groups is 1. The summed E-state index contributed by atoms with van der Waals surface area (Å²) in [6, 6.07) is 16.1. The predicted octanol–water partition coefficient (Wildman–Crippen LogP) is 2.20. The summed E-state index contributed by atoms with van der Waals surface area (Å²) in [5, 5.41) is 2.86. The molecule has 0 bridgehead atoms. The number of hydrogen-bond donors (Lipinski definition) is 1. The third-order valence-corrected chi connectivity index (χ3v) is 4.83. The van der Waals surface area contributed by atoms with Crippen molar-refractivity contribution in [1.29, 1.82) is 0 Å². The molecule has 2 saturated heterocycles. The van der Waals surface area contributed by atoms with Crippen molar-refractivity contribution in [2.24, 2.45) is 0 Å². The van der Waals surface area contributed by atoms with Gasteiger partial charge in [0, 0.05) is 25.8 Å². The van der Waals surface area contributed by atoms with Crippen LogP contribution in [0.2, 0.25) is 0 Å². The molecule has 130 valence electrons. The van der Waals surface area contributed by atoms with E-state index in [1.807, 2.05) is 23.1 Å². The molecule has 2 fully saturated rings. The van der Waals surface area contributed by atoms with Crippen LogP contribution < -0.4 is 5.32 Å². The lowest BCUT2D eigenvalue weighted by Crippen LogP contribution is -2.50. The zero-order chi connectivity index (χ0) is 17.1. The number of morpholine rings is 1. The number of urea groups is 1. The number of pyridine rings is 1. The smallest absolute Gasteiger partial charge is 0.323 e. The van der Waals surface area contributed by atoms with E-state index in [0.717, 1.165) is 13.1 Å². The molecule has 2 aliphatic heterocycles. The van der Waals surface area contributed by atoms with Gasteiger partial charge in [-0.3, -0.25) is 10.2 Å². The maximum atomic E-state index is 12.5. The number of ether oxygens (including phenoxy) is 1. The highest BCUT2D eigenvalue weighted by Gasteiger charge is 2.41. The summed E-state index contributed by atoms with van der Waals surface area (Å²) in [4.78, 5) is 20.9. The highest BCUT2D eigenvalue weighted by molar-refractivity contribution is 5.88. The van der Waals surface area contributed by atoms with Gasteiger partial charge in [0.25, 0.3) is 0 Å². The van der Waals surface area contributed by atoms with E-state index in [1.165, 1.54) is 5.56 Å². The van der Waals surface area contributed by atoms with Crippen molar-refractivity contribution < 1.29 is 9.53 Å². The summed E-state index contributed by atoms with van der Waals surface area (Å²) in [6.07, 6.45) is 1.75. The van der Waals surface area contributed by atoms with Crippen LogP contribution in [0.3, 0.4) is 0 Å². The van der Waals surface area contributed by atoms with E-state index in [1.54, 1.807) is 12.3 Å². The van der Waals surface area contributed by atoms with Gasteiger partial charge in [-0.05, 0) is 17.7 Å². The molecule has 2 amide bonds. The van der Waals surface area contributed by atoms with Gasteiger partial charge >= 0.3 is 6.03 Å². The van der Waals surface area contributed by atoms with Gasteiger partial charge in [0.15, 0.2) is 0 Å². The zero-order valence-corrected chi connectivity index (χ0v) is 14.0. The molecule has 2 aromatic rings. The molecule has 6 nitrogen and oxygen atoms in total. The third-order valence-electron chi connectivity index (χ3n) is 4.83. The van der Waals surface area contributed by atoms with Gasteiger partial charge in [-0.2, -0.15) is 0 Å². The normalized spacial score (nSPS) is 23.3. The maximum absolute atomic E-state index is 12.5. The van der Waals surface area contributed by atoms with Crippen LogP contribution in [0.15, 0.2) is 54.7 Å². The van der Waals surface area contributed by atoms with E-state index in [-0.39, 0.29) is 18.2 Å². The summed E-state index contributed by atoms with van der Waals surface area (Å²) >= 11 is 0. The molecule has 1 N–H and O–H groups in total. The second-order valence-corrected chi connectivity index (χ2v) is 6.48. The molecular weight excluding hydrogens is 316 g/mol. The average Bonchev–Trinajstić information content (AvgIpc) is 3.09. The summed E-state index contributed by atoms with van der Waals surface area (Å²) < 4.78 is 5.92. The van der Waals surface area contributed by atoms with Crippen molar-refractivity contribution in [3.05, 3.63) is 60.3 Å². The van der Waals surface area contributed by atoms with Crippen LogP contribution >= 0.6 is 0 Å². The van der Waals surface area contributed by atoms with E-state index in [0.29, 0.717) is 25.5 Å². The predicted molar refractivity (Wildman–Crippen MR) is 95.2 cm³/mol. The Morgan fingerprint density at radius 1 is 1.16 bits per heavy atom. The molecule has 4 rings (SSSR count). The van der Waals surface area contributed by atoms with Crippen LogP contribution in [0, 0.1) is 0 Å². The molecule has 2 aliphatic rings. The van der Waals surface area contributed by atoms with Gasteiger partial charge < -0.3 is 9.64 Å². The first-order chi connectivity index (χ1) is 12.3. The van der Waals surface area contributed by atoms with Crippen molar-refractivity contribution in [3.63, 3.8) is 0 Å². The molecule has 25 heavy (non-hydrogen) atoms. The highest BCUT2D eigenvalue weighted by Crippen LogP contribution is 2.25. The van der Waals surface area contributed by atoms with Crippen molar-refractivity contribution in [2.45, 2.75) is 18.7 Å². The molecule has 2 unspecified atom stereocenters. The van der Waals surface area contributed by atoms with Crippen LogP contribution in [0.5, 0.6) is 0 Å². The van der Waals surface area contributed by atoms with Crippen LogP contribution in [-0.2, 0) is 11.3 Å². The molecule has 0 saturated carbocycles. The van der Waals surface area contributed by atoms with Gasteiger partial charge in [-0.15, -0.1) is 0 Å². The lowest BCUT2D eigenvalue weighted by Gasteiger charge is -2.36. The summed E-state index contributed by atoms with van der Waals surface area (Å²) in [7, 11) is 0. The zero-order valence-electron chi connectivity index (χ0n) is 14.0. The number of carbonyl (C=O) groups excluding carboxylic acids is 1. The number of nitrogens with one attached hydrogen (secondary N) is 1. The molecule has 0 spiro atoms. The molecule has 1 aromatic heterocycles. The van der Waals surface area contributed by atoms with E-state index in [2.05, 4.69) is 39.5 Å². The fourth-order valence-electron chi connectivity index (χ4n) is 3.56. The number of aromatic nitrogens is 1. The Morgan fingerprint density at radius 2 is 2.00 bits per heavy atom. The van der Waals surface area contributed by atoms with Crippen LogP contribution in [0.4, 0.5) is 10.6 Å². The quantitative estimate of drug-likeness (QED) is 0.932. The van der Waals surface area contributed by atoms with Crippen LogP contribution in [0.1, 0.15) is 5.56 Å². The standard InChI is InChI=1S/C19H22N4O2/c24-19(21-18-8-4-5-9-20-18)23-13-16-17(14-23)25-11-10-22(16)12-15-6-2-1-3-7-15/h1-9,16-17H,10-14H2,(H,20,21,24). The molecule has 1 aromatic carbocycles. The first kappa shape index (κ1) is 16.1. The Kier molecular flexibility index (Phi) is 4.63. The SMILES string of the molecule is O=C(Nc1ccccn1)N1CC2OCCN(Cc3ccccc3)C2C1. The van der Waals surface area contributed by atoms with Crippen molar-refractivity contribution >= 4 is 11.8 Å². The highest BCUT2D eigenvalue weighted by atomic mass is 16.5. The number of rotatable bonds is 3. The molecule has 0 aliphatic carbocycles. The fourth-order valence-corrected chi connectivity index (χ4v) is 3.56. The second kappa shape index (κ2) is 7.21. The number of anilines is 1. The monoisotopic (exact) mass is 338 g/mol. The lowest BCUT2D eigenvalue weighted by atomic mass is 10.1. The van der Waals surface area contributed by atoms with Gasteiger partial charge in [0.2, 0.25) is 0 Å². The van der Waals surface area contributed by atoms with Crippen LogP contribution in [0.25, 0.3) is 0 Å². The van der Waals surface area contributed by atoms with Gasteiger partial charge in [-0.1, -0.05) is 36.4 Å².